The van der Waals surface area contributed by atoms with Crippen LogP contribution in [-0.4, -0.2) is 44.5 Å². The molecular weight excluding hydrogens is 360 g/mol. The average molecular weight is 388 g/mol. The highest BCUT2D eigenvalue weighted by atomic mass is 16.7. The maximum Gasteiger partial charge on any atom is 0.338 e. The fraction of sp³-hybridized carbons (Fsp3) is 0.636. The Labute approximate surface area is 165 Å². The van der Waals surface area contributed by atoms with Gasteiger partial charge in [0.2, 0.25) is 0 Å². The van der Waals surface area contributed by atoms with Crippen molar-refractivity contribution in [1.82, 2.24) is 0 Å². The molecular formula is C22H28O6. The Hall–Kier alpha value is -1.92. The van der Waals surface area contributed by atoms with Gasteiger partial charge in [-0.1, -0.05) is 6.07 Å². The van der Waals surface area contributed by atoms with E-state index in [2.05, 4.69) is 0 Å². The van der Waals surface area contributed by atoms with Gasteiger partial charge in [0.05, 0.1) is 18.8 Å². The van der Waals surface area contributed by atoms with Gasteiger partial charge in [-0.25, -0.2) is 4.79 Å². The van der Waals surface area contributed by atoms with Crippen LogP contribution in [0.2, 0.25) is 0 Å². The second kappa shape index (κ2) is 8.21. The van der Waals surface area contributed by atoms with E-state index in [1.165, 1.54) is 7.11 Å². The number of rotatable bonds is 4. The molecule has 1 aliphatic carbocycles. The summed E-state index contributed by atoms with van der Waals surface area (Å²) in [7, 11) is 1.38. The number of benzene rings is 1. The third-order valence-electron chi connectivity index (χ3n) is 6.40. The van der Waals surface area contributed by atoms with Crippen LogP contribution in [0.4, 0.5) is 0 Å². The Morgan fingerprint density at radius 3 is 2.82 bits per heavy atom. The predicted molar refractivity (Wildman–Crippen MR) is 101 cm³/mol. The van der Waals surface area contributed by atoms with E-state index < -0.39 is 0 Å². The Kier molecular flexibility index (Phi) is 5.69. The van der Waals surface area contributed by atoms with Crippen molar-refractivity contribution in [1.29, 1.82) is 0 Å². The lowest BCUT2D eigenvalue weighted by Gasteiger charge is -2.28. The molecule has 0 aromatic heterocycles. The zero-order valence-corrected chi connectivity index (χ0v) is 16.5. The van der Waals surface area contributed by atoms with Gasteiger partial charge < -0.3 is 23.7 Å². The van der Waals surface area contributed by atoms with Crippen LogP contribution in [0.1, 0.15) is 53.6 Å². The van der Waals surface area contributed by atoms with Crippen molar-refractivity contribution in [2.75, 3.05) is 13.7 Å². The highest BCUT2D eigenvalue weighted by Crippen LogP contribution is 2.44. The van der Waals surface area contributed by atoms with Crippen molar-refractivity contribution < 1.29 is 28.5 Å². The van der Waals surface area contributed by atoms with E-state index in [1.807, 2.05) is 13.0 Å². The Balaban J connectivity index is 1.55. The summed E-state index contributed by atoms with van der Waals surface area (Å²) >= 11 is 0. The zero-order chi connectivity index (χ0) is 19.7. The summed E-state index contributed by atoms with van der Waals surface area (Å²) in [6, 6.07) is 3.74. The average Bonchev–Trinajstić information content (AvgIpc) is 2.92. The molecule has 152 valence electrons. The molecule has 0 bridgehead atoms. The van der Waals surface area contributed by atoms with Crippen molar-refractivity contribution in [3.05, 3.63) is 28.8 Å². The summed E-state index contributed by atoms with van der Waals surface area (Å²) in [5, 5.41) is 0. The molecule has 6 heteroatoms. The number of hydrogen-bond acceptors (Lipinski definition) is 6. The SMILES string of the molecule is COC(=O)c1ccc2c(c1C)O[C@H]1C[C@@H](OC3CCCCO3)[C@H](C=O)[C@H]1CC2. The van der Waals surface area contributed by atoms with E-state index in [4.69, 9.17) is 18.9 Å². The van der Waals surface area contributed by atoms with E-state index in [1.54, 1.807) is 6.07 Å². The zero-order valence-electron chi connectivity index (χ0n) is 16.5. The van der Waals surface area contributed by atoms with Crippen molar-refractivity contribution in [2.24, 2.45) is 11.8 Å². The standard InChI is InChI=1S/C22H28O6/c1-13-15(22(24)25-2)8-6-14-7-9-16-17(12-23)19(11-18(16)28-21(13)14)27-20-5-3-4-10-26-20/h6,8,12,16-20H,3-5,7,9-11H2,1-2H3/t16-,17-,18+,19-,20?/m1/s1. The fourth-order valence-electron chi connectivity index (χ4n) is 4.86. The number of methoxy groups -OCH3 is 1. The first kappa shape index (κ1) is 19.4. The smallest absolute Gasteiger partial charge is 0.338 e. The molecule has 0 spiro atoms. The van der Waals surface area contributed by atoms with Gasteiger partial charge in [0.25, 0.3) is 0 Å². The van der Waals surface area contributed by atoms with Crippen LogP contribution in [0.25, 0.3) is 0 Å². The molecule has 1 aromatic carbocycles. The molecule has 0 amide bonds. The Morgan fingerprint density at radius 1 is 1.25 bits per heavy atom. The molecule has 2 aliphatic heterocycles. The highest BCUT2D eigenvalue weighted by molar-refractivity contribution is 5.92. The highest BCUT2D eigenvalue weighted by Gasteiger charge is 2.47. The number of carbonyl (C=O) groups is 2. The maximum absolute atomic E-state index is 12.0. The largest absolute Gasteiger partial charge is 0.489 e. The molecule has 2 heterocycles. The third kappa shape index (κ3) is 3.55. The van der Waals surface area contributed by atoms with E-state index in [0.717, 1.165) is 61.9 Å². The molecule has 4 rings (SSSR count). The van der Waals surface area contributed by atoms with Crippen LogP contribution in [-0.2, 0) is 25.4 Å². The second-order valence-corrected chi connectivity index (χ2v) is 8.00. The Bertz CT molecular complexity index is 739. The summed E-state index contributed by atoms with van der Waals surface area (Å²) in [6.07, 6.45) is 5.91. The molecule has 3 aliphatic rings. The van der Waals surface area contributed by atoms with E-state index in [-0.39, 0.29) is 36.3 Å². The topological polar surface area (TPSA) is 71.1 Å². The van der Waals surface area contributed by atoms with Crippen LogP contribution in [0.3, 0.4) is 0 Å². The van der Waals surface area contributed by atoms with Gasteiger partial charge in [0.15, 0.2) is 6.29 Å². The summed E-state index contributed by atoms with van der Waals surface area (Å²) in [5.74, 6) is 0.317. The van der Waals surface area contributed by atoms with Crippen LogP contribution >= 0.6 is 0 Å². The number of ether oxygens (including phenoxy) is 4. The molecule has 1 unspecified atom stereocenters. The monoisotopic (exact) mass is 388 g/mol. The van der Waals surface area contributed by atoms with Gasteiger partial charge in [-0.05, 0) is 50.7 Å². The number of carbonyl (C=O) groups excluding carboxylic acids is 2. The van der Waals surface area contributed by atoms with E-state index in [9.17, 15) is 9.59 Å². The number of hydrogen-bond donors (Lipinski definition) is 0. The van der Waals surface area contributed by atoms with E-state index in [0.29, 0.717) is 12.0 Å². The van der Waals surface area contributed by atoms with E-state index >= 15 is 0 Å². The number of fused-ring (bicyclic) bond motifs is 2. The van der Waals surface area contributed by atoms with Crippen LogP contribution in [0, 0.1) is 18.8 Å². The quantitative estimate of drug-likeness (QED) is 0.583. The lowest BCUT2D eigenvalue weighted by Crippen LogP contribution is -2.32. The first-order chi connectivity index (χ1) is 13.6. The summed E-state index contributed by atoms with van der Waals surface area (Å²) < 4.78 is 23.2. The minimum absolute atomic E-state index is 0.100. The maximum atomic E-state index is 12.0. The van der Waals surface area contributed by atoms with Gasteiger partial charge >= 0.3 is 5.97 Å². The van der Waals surface area contributed by atoms with Gasteiger partial charge in [0.1, 0.15) is 18.1 Å². The number of aryl methyl sites for hydroxylation is 1. The minimum atomic E-state index is -0.363. The minimum Gasteiger partial charge on any atom is -0.489 e. The second-order valence-electron chi connectivity index (χ2n) is 8.00. The van der Waals surface area contributed by atoms with Gasteiger partial charge in [-0.2, -0.15) is 0 Å². The first-order valence-corrected chi connectivity index (χ1v) is 10.2. The van der Waals surface area contributed by atoms with Crippen molar-refractivity contribution >= 4 is 12.3 Å². The molecule has 1 aromatic rings. The summed E-state index contributed by atoms with van der Waals surface area (Å²) in [4.78, 5) is 24.0. The lowest BCUT2D eigenvalue weighted by atomic mass is 9.89. The van der Waals surface area contributed by atoms with Gasteiger partial charge in [-0.3, -0.25) is 0 Å². The third-order valence-corrected chi connectivity index (χ3v) is 6.40. The lowest BCUT2D eigenvalue weighted by molar-refractivity contribution is -0.194. The Morgan fingerprint density at radius 2 is 2.11 bits per heavy atom. The van der Waals surface area contributed by atoms with Crippen molar-refractivity contribution in [2.45, 2.75) is 63.9 Å². The molecule has 0 N–H and O–H groups in total. The molecule has 5 atom stereocenters. The van der Waals surface area contributed by atoms with Crippen LogP contribution in [0.5, 0.6) is 5.75 Å². The molecule has 1 saturated heterocycles. The number of esters is 1. The predicted octanol–water partition coefficient (Wildman–Crippen LogP) is 3.22. The van der Waals surface area contributed by atoms with Crippen molar-refractivity contribution in [3.8, 4) is 5.75 Å². The molecule has 28 heavy (non-hydrogen) atoms. The fourth-order valence-corrected chi connectivity index (χ4v) is 4.86. The molecule has 6 nitrogen and oxygen atoms in total. The first-order valence-electron chi connectivity index (χ1n) is 10.2. The summed E-state index contributed by atoms with van der Waals surface area (Å²) in [5.41, 5.74) is 2.40. The van der Waals surface area contributed by atoms with Gasteiger partial charge in [-0.15, -0.1) is 0 Å². The summed E-state index contributed by atoms with van der Waals surface area (Å²) in [6.45, 7) is 2.61. The van der Waals surface area contributed by atoms with Crippen LogP contribution in [0.15, 0.2) is 12.1 Å². The van der Waals surface area contributed by atoms with Gasteiger partial charge in [0, 0.05) is 30.4 Å². The molecule has 0 radical (unpaired) electrons. The number of aldehydes is 1. The normalized spacial score (nSPS) is 31.9. The molecule has 1 saturated carbocycles. The molecule has 2 fully saturated rings. The van der Waals surface area contributed by atoms with Crippen molar-refractivity contribution in [3.63, 3.8) is 0 Å². The van der Waals surface area contributed by atoms with Crippen LogP contribution < -0.4 is 4.74 Å².